The van der Waals surface area contributed by atoms with Gasteiger partial charge < -0.3 is 0 Å². The molecule has 2 heteroatoms. The van der Waals surface area contributed by atoms with Crippen molar-refractivity contribution in [2.45, 2.75) is 66.8 Å². The average molecular weight is 376 g/mol. The van der Waals surface area contributed by atoms with Crippen LogP contribution in [-0.2, 0) is 6.54 Å². The predicted molar refractivity (Wildman–Crippen MR) is 118 cm³/mol. The molecule has 0 spiro atoms. The van der Waals surface area contributed by atoms with Gasteiger partial charge in [0.05, 0.1) is 12.1 Å². The number of rotatable bonds is 3. The van der Waals surface area contributed by atoms with Crippen LogP contribution in [0.3, 0.4) is 0 Å². The molecule has 1 aliphatic heterocycles. The smallest absolute Gasteiger partial charge is 0.229 e. The van der Waals surface area contributed by atoms with Gasteiger partial charge in [0, 0.05) is 5.92 Å². The third-order valence-electron chi connectivity index (χ3n) is 6.84. The van der Waals surface area contributed by atoms with Crippen LogP contribution in [0.25, 0.3) is 17.1 Å². The van der Waals surface area contributed by atoms with Crippen molar-refractivity contribution in [3.8, 4) is 11.4 Å². The van der Waals surface area contributed by atoms with Crippen LogP contribution in [-0.4, -0.2) is 4.57 Å². The van der Waals surface area contributed by atoms with E-state index in [0.717, 1.165) is 6.54 Å². The minimum atomic E-state index is 0.533. The van der Waals surface area contributed by atoms with Crippen LogP contribution in [0.1, 0.15) is 65.9 Å². The number of aromatic nitrogens is 2. The Balaban J connectivity index is 2.00. The molecule has 0 amide bonds. The summed E-state index contributed by atoms with van der Waals surface area (Å²) in [5.41, 5.74) is 7.46. The van der Waals surface area contributed by atoms with Gasteiger partial charge in [-0.3, -0.25) is 0 Å². The number of hydrogen-bond donors (Lipinski definition) is 0. The van der Waals surface area contributed by atoms with Crippen molar-refractivity contribution >= 4 is 5.70 Å². The number of benzene rings is 1. The molecule has 1 aromatic carbocycles. The quantitative estimate of drug-likeness (QED) is 0.546. The molecule has 28 heavy (non-hydrogen) atoms. The van der Waals surface area contributed by atoms with Crippen LogP contribution in [0, 0.1) is 17.8 Å². The fraction of sp³-hybridized carbons (Fsp3) is 0.500. The molecule has 148 valence electrons. The number of allylic oxidation sites excluding steroid dienone is 4. The van der Waals surface area contributed by atoms with Crippen molar-refractivity contribution in [1.29, 1.82) is 0 Å². The SMILES string of the molecule is CC(C)C1=CCCC(C(C)C)=C1n1cc[n+]2c1-c1ccccc1C(C)C(C)C2. The van der Waals surface area contributed by atoms with Crippen LogP contribution < -0.4 is 4.57 Å². The van der Waals surface area contributed by atoms with Gasteiger partial charge in [0.15, 0.2) is 0 Å². The van der Waals surface area contributed by atoms with Gasteiger partial charge in [-0.15, -0.1) is 0 Å². The molecule has 1 aromatic heterocycles. The van der Waals surface area contributed by atoms with Crippen molar-refractivity contribution < 1.29 is 4.57 Å². The van der Waals surface area contributed by atoms with Crippen LogP contribution >= 0.6 is 0 Å². The zero-order chi connectivity index (χ0) is 20.0. The minimum Gasteiger partial charge on any atom is -0.229 e. The van der Waals surface area contributed by atoms with E-state index in [1.54, 1.807) is 5.57 Å². The Morgan fingerprint density at radius 2 is 1.79 bits per heavy atom. The second-order valence-electron chi connectivity index (χ2n) is 9.38. The number of imidazole rings is 1. The fourth-order valence-corrected chi connectivity index (χ4v) is 5.06. The van der Waals surface area contributed by atoms with Crippen LogP contribution in [0.5, 0.6) is 0 Å². The molecule has 2 atom stereocenters. The molecule has 0 N–H and O–H groups in total. The summed E-state index contributed by atoms with van der Waals surface area (Å²) in [5, 5.41) is 0. The molecular weight excluding hydrogens is 340 g/mol. The van der Waals surface area contributed by atoms with Gasteiger partial charge in [-0.2, -0.15) is 4.57 Å². The highest BCUT2D eigenvalue weighted by Gasteiger charge is 2.35. The number of nitrogens with zero attached hydrogens (tertiary/aromatic N) is 2. The Kier molecular flexibility index (Phi) is 5.07. The van der Waals surface area contributed by atoms with E-state index in [1.807, 2.05) is 0 Å². The van der Waals surface area contributed by atoms with E-state index in [0.29, 0.717) is 23.7 Å². The summed E-state index contributed by atoms with van der Waals surface area (Å²) >= 11 is 0. The topological polar surface area (TPSA) is 8.81 Å². The van der Waals surface area contributed by atoms with Gasteiger partial charge in [0.1, 0.15) is 18.1 Å². The summed E-state index contributed by atoms with van der Waals surface area (Å²) in [6.07, 6.45) is 9.45. The van der Waals surface area contributed by atoms with Gasteiger partial charge in [-0.1, -0.05) is 65.8 Å². The average Bonchev–Trinajstić information content (AvgIpc) is 3.05. The van der Waals surface area contributed by atoms with Crippen molar-refractivity contribution in [2.75, 3.05) is 0 Å². The lowest BCUT2D eigenvalue weighted by Crippen LogP contribution is -2.37. The maximum absolute atomic E-state index is 2.52. The molecule has 0 bridgehead atoms. The Bertz CT molecular complexity index is 939. The van der Waals surface area contributed by atoms with Gasteiger partial charge in [0.2, 0.25) is 0 Å². The van der Waals surface area contributed by atoms with E-state index in [1.165, 1.54) is 41.1 Å². The van der Waals surface area contributed by atoms with E-state index < -0.39 is 0 Å². The van der Waals surface area contributed by atoms with Crippen molar-refractivity contribution in [3.05, 3.63) is 59.4 Å². The third-order valence-corrected chi connectivity index (χ3v) is 6.84. The molecule has 2 nitrogen and oxygen atoms in total. The van der Waals surface area contributed by atoms with E-state index in [4.69, 9.17) is 0 Å². The van der Waals surface area contributed by atoms with Crippen molar-refractivity contribution in [3.63, 3.8) is 0 Å². The Hall–Kier alpha value is -2.09. The van der Waals surface area contributed by atoms with Crippen LogP contribution in [0.15, 0.2) is 53.9 Å². The van der Waals surface area contributed by atoms with E-state index >= 15 is 0 Å². The molecular formula is C26H35N2+. The normalized spacial score (nSPS) is 22.2. The largest absolute Gasteiger partial charge is 0.294 e. The Labute approximate surface area is 170 Å². The van der Waals surface area contributed by atoms with Gasteiger partial charge in [-0.05, 0) is 53.4 Å². The Morgan fingerprint density at radius 1 is 1.04 bits per heavy atom. The highest BCUT2D eigenvalue weighted by Crippen LogP contribution is 2.41. The summed E-state index contributed by atoms with van der Waals surface area (Å²) in [6, 6.07) is 9.05. The molecule has 0 saturated heterocycles. The van der Waals surface area contributed by atoms with Crippen molar-refractivity contribution in [1.82, 2.24) is 4.57 Å². The summed E-state index contributed by atoms with van der Waals surface area (Å²) in [4.78, 5) is 0. The second kappa shape index (κ2) is 7.39. The van der Waals surface area contributed by atoms with Crippen LogP contribution in [0.4, 0.5) is 0 Å². The second-order valence-corrected chi connectivity index (χ2v) is 9.38. The van der Waals surface area contributed by atoms with E-state index in [-0.39, 0.29) is 0 Å². The molecule has 2 unspecified atom stereocenters. The van der Waals surface area contributed by atoms with Gasteiger partial charge in [0.25, 0.3) is 5.82 Å². The lowest BCUT2D eigenvalue weighted by atomic mass is 9.84. The first kappa shape index (κ1) is 19.2. The zero-order valence-corrected chi connectivity index (χ0v) is 18.4. The summed E-state index contributed by atoms with van der Waals surface area (Å²) in [7, 11) is 0. The highest BCUT2D eigenvalue weighted by atomic mass is 15.2. The van der Waals surface area contributed by atoms with Gasteiger partial charge >= 0.3 is 0 Å². The predicted octanol–water partition coefficient (Wildman–Crippen LogP) is 6.44. The lowest BCUT2D eigenvalue weighted by Gasteiger charge is -2.25. The molecule has 2 aliphatic rings. The molecule has 2 aromatic rings. The van der Waals surface area contributed by atoms with Crippen LogP contribution in [0.2, 0.25) is 0 Å². The maximum atomic E-state index is 2.52. The molecule has 0 radical (unpaired) electrons. The molecule has 0 fully saturated rings. The van der Waals surface area contributed by atoms with E-state index in [9.17, 15) is 0 Å². The highest BCUT2D eigenvalue weighted by molar-refractivity contribution is 5.75. The summed E-state index contributed by atoms with van der Waals surface area (Å²) in [5.74, 6) is 3.64. The number of hydrogen-bond acceptors (Lipinski definition) is 0. The van der Waals surface area contributed by atoms with E-state index in [2.05, 4.69) is 93.4 Å². The molecule has 1 aliphatic carbocycles. The monoisotopic (exact) mass is 375 g/mol. The minimum absolute atomic E-state index is 0.533. The third kappa shape index (κ3) is 3.07. The summed E-state index contributed by atoms with van der Waals surface area (Å²) in [6.45, 7) is 15.2. The number of fused-ring (bicyclic) bond motifs is 3. The first-order chi connectivity index (χ1) is 13.4. The summed E-state index contributed by atoms with van der Waals surface area (Å²) < 4.78 is 5.01. The standard InChI is InChI=1S/C26H35N2/c1-17(2)21-12-9-13-22(18(3)4)25(21)28-15-14-27-16-19(5)20(6)23-10-7-8-11-24(23)26(27)28/h7-8,10-12,14-15,17-20H,9,13,16H2,1-6H3/q+1. The lowest BCUT2D eigenvalue weighted by molar-refractivity contribution is -0.690. The molecule has 4 rings (SSSR count). The fourth-order valence-electron chi connectivity index (χ4n) is 5.06. The van der Waals surface area contributed by atoms with Crippen molar-refractivity contribution in [2.24, 2.45) is 17.8 Å². The Morgan fingerprint density at radius 3 is 2.50 bits per heavy atom. The van der Waals surface area contributed by atoms with Gasteiger partial charge in [-0.25, -0.2) is 4.57 Å². The first-order valence-corrected chi connectivity index (χ1v) is 11.0. The first-order valence-electron chi connectivity index (χ1n) is 11.0. The zero-order valence-electron chi connectivity index (χ0n) is 18.4. The molecule has 2 heterocycles. The molecule has 0 saturated carbocycles. The maximum Gasteiger partial charge on any atom is 0.294 e.